The third-order valence-corrected chi connectivity index (χ3v) is 15.6. The number of nitrogens with zero attached hydrogens (tertiary/aromatic N) is 2. The van der Waals surface area contributed by atoms with Crippen LogP contribution in [0.5, 0.6) is 0 Å². The number of hydrogen-bond acceptors (Lipinski definition) is 2. The van der Waals surface area contributed by atoms with Crippen LogP contribution in [0.3, 0.4) is 0 Å². The average molecular weight is 647 g/mol. The first-order valence-electron chi connectivity index (χ1n) is 19.3. The van der Waals surface area contributed by atoms with Crippen LogP contribution in [0.15, 0.2) is 109 Å². The van der Waals surface area contributed by atoms with E-state index in [0.29, 0.717) is 28.7 Å². The Morgan fingerprint density at radius 3 is 2.22 bits per heavy atom. The third kappa shape index (κ3) is 3.23. The molecule has 244 valence electrons. The maximum atomic E-state index is 10.1. The van der Waals surface area contributed by atoms with Crippen molar-refractivity contribution in [1.29, 1.82) is 5.26 Å². The number of rotatable bonds is 3. The van der Waals surface area contributed by atoms with Crippen LogP contribution in [-0.2, 0) is 10.8 Å². The number of hydrogen-bond donors (Lipinski definition) is 0. The molecule has 7 aliphatic carbocycles. The minimum Gasteiger partial charge on any atom is -0.310 e. The van der Waals surface area contributed by atoms with Gasteiger partial charge in [-0.05, 0) is 155 Å². The fourth-order valence-corrected chi connectivity index (χ4v) is 14.0. The summed E-state index contributed by atoms with van der Waals surface area (Å²) < 4.78 is 0. The summed E-state index contributed by atoms with van der Waals surface area (Å²) in [4.78, 5) is 2.51. The second-order valence-corrected chi connectivity index (χ2v) is 17.4. The molecule has 5 saturated carbocycles. The Kier molecular flexibility index (Phi) is 5.28. The number of benzene rings is 5. The van der Waals surface area contributed by atoms with Gasteiger partial charge in [-0.25, -0.2) is 0 Å². The van der Waals surface area contributed by atoms with Gasteiger partial charge in [0.1, 0.15) is 0 Å². The topological polar surface area (TPSA) is 27.0 Å². The van der Waals surface area contributed by atoms with Crippen LogP contribution in [0.25, 0.3) is 22.3 Å². The lowest BCUT2D eigenvalue weighted by Crippen LogP contribution is -2.44. The molecule has 3 spiro atoms. The third-order valence-electron chi connectivity index (χ3n) is 15.6. The molecule has 50 heavy (non-hydrogen) atoms. The first-order chi connectivity index (χ1) is 24.5. The first kappa shape index (κ1) is 28.1. The number of anilines is 3. The summed E-state index contributed by atoms with van der Waals surface area (Å²) in [5.74, 6) is 3.79. The van der Waals surface area contributed by atoms with Crippen molar-refractivity contribution in [3.63, 3.8) is 0 Å². The molecule has 5 aromatic carbocycles. The molecule has 0 saturated heterocycles. The number of nitriles is 1. The van der Waals surface area contributed by atoms with Crippen molar-refractivity contribution in [2.75, 3.05) is 4.90 Å². The van der Waals surface area contributed by atoms with E-state index < -0.39 is 0 Å². The van der Waals surface area contributed by atoms with Crippen molar-refractivity contribution >= 4 is 17.1 Å². The SMILES string of the molecule is C[C@H]1CC23C[C@@H]2C[C@H](C3)[C@@]12c1ccccc1-c1c(N(c3cccc(C#N)c3)c3ccc4c(c3)C3(CC5CCC3C5)c3ccccc3-4)cccc12. The Hall–Kier alpha value is -4.61. The summed E-state index contributed by atoms with van der Waals surface area (Å²) >= 11 is 0. The van der Waals surface area contributed by atoms with E-state index in [1.165, 1.54) is 90.6 Å². The van der Waals surface area contributed by atoms with Crippen LogP contribution in [0.4, 0.5) is 17.1 Å². The van der Waals surface area contributed by atoms with Crippen LogP contribution in [0.2, 0.25) is 0 Å². The molecule has 0 aromatic heterocycles. The Morgan fingerprint density at radius 1 is 0.620 bits per heavy atom. The van der Waals surface area contributed by atoms with Crippen LogP contribution in [-0.4, -0.2) is 0 Å². The lowest BCUT2D eigenvalue weighted by Gasteiger charge is -2.48. The highest BCUT2D eigenvalue weighted by Crippen LogP contribution is 2.78. The van der Waals surface area contributed by atoms with Crippen LogP contribution in [0.1, 0.15) is 86.1 Å². The van der Waals surface area contributed by atoms with Gasteiger partial charge in [0.15, 0.2) is 0 Å². The van der Waals surface area contributed by atoms with Crippen molar-refractivity contribution in [3.05, 3.63) is 137 Å². The van der Waals surface area contributed by atoms with E-state index >= 15 is 0 Å². The molecule has 7 aliphatic rings. The van der Waals surface area contributed by atoms with Gasteiger partial charge in [0.05, 0.1) is 17.3 Å². The van der Waals surface area contributed by atoms with E-state index in [2.05, 4.69) is 121 Å². The van der Waals surface area contributed by atoms with E-state index in [0.717, 1.165) is 17.5 Å². The summed E-state index contributed by atoms with van der Waals surface area (Å²) in [6.45, 7) is 2.58. The Bertz CT molecular complexity index is 2340. The van der Waals surface area contributed by atoms with E-state index in [1.54, 1.807) is 16.7 Å². The fourth-order valence-electron chi connectivity index (χ4n) is 14.0. The molecular weight excluding hydrogens is 605 g/mol. The second-order valence-electron chi connectivity index (χ2n) is 17.4. The Labute approximate surface area is 295 Å². The maximum Gasteiger partial charge on any atom is 0.0992 e. The monoisotopic (exact) mass is 646 g/mol. The first-order valence-corrected chi connectivity index (χ1v) is 19.3. The molecule has 0 heterocycles. The van der Waals surface area contributed by atoms with Crippen molar-refractivity contribution in [3.8, 4) is 28.3 Å². The molecule has 8 atom stereocenters. The Balaban J connectivity index is 1.11. The molecule has 0 N–H and O–H groups in total. The molecular formula is C48H42N2. The van der Waals surface area contributed by atoms with E-state index in [1.807, 2.05) is 6.07 Å². The molecule has 12 rings (SSSR count). The highest BCUT2D eigenvalue weighted by atomic mass is 15.1. The summed E-state index contributed by atoms with van der Waals surface area (Å²) in [5.41, 5.74) is 16.9. The summed E-state index contributed by atoms with van der Waals surface area (Å²) in [6, 6.07) is 44.1. The summed E-state index contributed by atoms with van der Waals surface area (Å²) in [7, 11) is 0. The van der Waals surface area contributed by atoms with Crippen LogP contribution in [0, 0.1) is 46.3 Å². The minimum atomic E-state index is 0.0630. The van der Waals surface area contributed by atoms with E-state index in [-0.39, 0.29) is 10.8 Å². The van der Waals surface area contributed by atoms with Crippen molar-refractivity contribution in [2.45, 2.75) is 69.1 Å². The van der Waals surface area contributed by atoms with Gasteiger partial charge < -0.3 is 4.90 Å². The highest BCUT2D eigenvalue weighted by molar-refractivity contribution is 5.96. The number of fused-ring (bicyclic) bond motifs is 15. The van der Waals surface area contributed by atoms with Crippen molar-refractivity contribution in [1.82, 2.24) is 0 Å². The lowest BCUT2D eigenvalue weighted by atomic mass is 9.55. The van der Waals surface area contributed by atoms with Gasteiger partial charge in [0.2, 0.25) is 0 Å². The molecule has 0 radical (unpaired) electrons. The zero-order valence-corrected chi connectivity index (χ0v) is 28.8. The van der Waals surface area contributed by atoms with Gasteiger partial charge in [-0.1, -0.05) is 86.1 Å². The van der Waals surface area contributed by atoms with Crippen molar-refractivity contribution < 1.29 is 0 Å². The Morgan fingerprint density at radius 2 is 1.38 bits per heavy atom. The highest BCUT2D eigenvalue weighted by Gasteiger charge is 2.70. The molecule has 0 aliphatic heterocycles. The van der Waals surface area contributed by atoms with Gasteiger partial charge in [0.25, 0.3) is 0 Å². The van der Waals surface area contributed by atoms with Gasteiger partial charge in [-0.3, -0.25) is 0 Å². The molecule has 2 heteroatoms. The zero-order valence-electron chi connectivity index (χ0n) is 28.8. The maximum absolute atomic E-state index is 10.1. The van der Waals surface area contributed by atoms with Gasteiger partial charge in [0, 0.05) is 27.8 Å². The largest absolute Gasteiger partial charge is 0.310 e. The van der Waals surface area contributed by atoms with Gasteiger partial charge in [-0.15, -0.1) is 0 Å². The zero-order chi connectivity index (χ0) is 33.0. The molecule has 4 bridgehead atoms. The predicted octanol–water partition coefficient (Wildman–Crippen LogP) is 11.8. The quantitative estimate of drug-likeness (QED) is 0.195. The average Bonchev–Trinajstić information content (AvgIpc) is 3.67. The normalized spacial score (nSPS) is 33.9. The molecule has 5 fully saturated rings. The van der Waals surface area contributed by atoms with E-state index in [9.17, 15) is 5.26 Å². The second kappa shape index (κ2) is 9.38. The van der Waals surface area contributed by atoms with Crippen molar-refractivity contribution in [2.24, 2.45) is 35.0 Å². The predicted molar refractivity (Wildman–Crippen MR) is 201 cm³/mol. The summed E-state index contributed by atoms with van der Waals surface area (Å²) in [5, 5.41) is 10.1. The smallest absolute Gasteiger partial charge is 0.0992 e. The lowest BCUT2D eigenvalue weighted by molar-refractivity contribution is 0.130. The van der Waals surface area contributed by atoms with Gasteiger partial charge >= 0.3 is 0 Å². The summed E-state index contributed by atoms with van der Waals surface area (Å²) in [6.07, 6.45) is 10.9. The molecule has 5 aromatic rings. The fraction of sp³-hybridized carbons (Fsp3) is 0.354. The van der Waals surface area contributed by atoms with Crippen LogP contribution < -0.4 is 4.90 Å². The molecule has 4 unspecified atom stereocenters. The van der Waals surface area contributed by atoms with Crippen LogP contribution >= 0.6 is 0 Å². The van der Waals surface area contributed by atoms with Gasteiger partial charge in [-0.2, -0.15) is 5.26 Å². The minimum absolute atomic E-state index is 0.0630. The standard InChI is InChI=1S/C48H42N2/c1-29-24-46-26-33(46)22-34(27-46)48(29)41-13-5-3-11-39(41)45-42(48)14-7-15-44(45)50(35-9-6-8-31(21-35)28-49)36-18-19-38-37-10-2-4-12-40(37)47(43(38)23-36)25-30-16-17-32(47)20-30/h2-15,18-19,21,23,29-30,32-34H,16-17,20,22,24-27H2,1H3/t29-,30?,32?,33-,34+,46?,47?,48+/m0/s1. The molecule has 2 nitrogen and oxygen atoms in total. The molecule has 0 amide bonds. The van der Waals surface area contributed by atoms with E-state index in [4.69, 9.17) is 0 Å².